The number of rotatable bonds is 5. The lowest BCUT2D eigenvalue weighted by Crippen LogP contribution is -2.00. The number of aromatic nitrogens is 6. The first kappa shape index (κ1) is 31.6. The molecule has 0 saturated carbocycles. The number of para-hydroxylation sites is 4. The molecule has 7 heteroatoms. The smallest absolute Gasteiger partial charge is 0.150 e. The molecule has 6 aromatic carbocycles. The molecule has 0 fully saturated rings. The van der Waals surface area contributed by atoms with Crippen LogP contribution in [0.5, 0.6) is 11.5 Å². The highest BCUT2D eigenvalue weighted by atomic mass is 16.5. The molecule has 0 aliphatic carbocycles. The monoisotopic (exact) mass is 712 g/mol. The molecule has 5 aromatic heterocycles. The van der Waals surface area contributed by atoms with Gasteiger partial charge in [0.2, 0.25) is 0 Å². The molecule has 7 nitrogen and oxygen atoms in total. The largest absolute Gasteiger partial charge is 0.457 e. The van der Waals surface area contributed by atoms with Crippen molar-refractivity contribution in [1.29, 1.82) is 0 Å². The molecule has 11 aromatic rings. The Morgan fingerprint density at radius 1 is 0.491 bits per heavy atom. The van der Waals surface area contributed by atoms with Crippen LogP contribution in [-0.2, 0) is 0 Å². The number of imidazole rings is 2. The summed E-state index contributed by atoms with van der Waals surface area (Å²) >= 11 is 0. The van der Waals surface area contributed by atoms with Crippen molar-refractivity contribution in [3.8, 4) is 22.6 Å². The second kappa shape index (κ2) is 11.8. The molecule has 0 aliphatic rings. The van der Waals surface area contributed by atoms with E-state index < -0.39 is 0 Å². The van der Waals surface area contributed by atoms with Gasteiger partial charge in [-0.2, -0.15) is 0 Å². The van der Waals surface area contributed by atoms with Crippen molar-refractivity contribution in [2.45, 2.75) is 39.5 Å². The van der Waals surface area contributed by atoms with Crippen LogP contribution in [0.25, 0.3) is 88.0 Å². The van der Waals surface area contributed by atoms with E-state index in [0.717, 1.165) is 83.0 Å². The van der Waals surface area contributed by atoms with Gasteiger partial charge in [0.15, 0.2) is 0 Å². The molecule has 0 N–H and O–H groups in total. The van der Waals surface area contributed by atoms with Crippen LogP contribution in [0.4, 0.5) is 0 Å². The van der Waals surface area contributed by atoms with Gasteiger partial charge in [-0.1, -0.05) is 82.3 Å². The van der Waals surface area contributed by atoms with Gasteiger partial charge in [0, 0.05) is 27.7 Å². The summed E-state index contributed by atoms with van der Waals surface area (Å²) in [6, 6.07) is 42.9. The van der Waals surface area contributed by atoms with Crippen molar-refractivity contribution >= 4 is 76.8 Å². The zero-order valence-electron chi connectivity index (χ0n) is 30.9. The van der Waals surface area contributed by atoms with Gasteiger partial charge in [-0.3, -0.25) is 8.80 Å². The summed E-state index contributed by atoms with van der Waals surface area (Å²) in [5.41, 5.74) is 13.0. The highest BCUT2D eigenvalue weighted by molar-refractivity contribution is 6.15. The van der Waals surface area contributed by atoms with Gasteiger partial charge in [0.05, 0.1) is 27.6 Å². The maximum Gasteiger partial charge on any atom is 0.150 e. The van der Waals surface area contributed by atoms with Crippen LogP contribution >= 0.6 is 0 Å². The van der Waals surface area contributed by atoms with Crippen LogP contribution in [0.3, 0.4) is 0 Å². The van der Waals surface area contributed by atoms with Crippen LogP contribution in [0.15, 0.2) is 134 Å². The van der Waals surface area contributed by atoms with Crippen molar-refractivity contribution in [3.63, 3.8) is 0 Å². The van der Waals surface area contributed by atoms with Gasteiger partial charge < -0.3 is 4.74 Å². The summed E-state index contributed by atoms with van der Waals surface area (Å²) in [5.74, 6) is 2.25. The summed E-state index contributed by atoms with van der Waals surface area (Å²) in [6.45, 7) is 9.14. The minimum atomic E-state index is 0.398. The van der Waals surface area contributed by atoms with E-state index in [1.165, 1.54) is 27.6 Å². The Hall–Kier alpha value is -6.86. The van der Waals surface area contributed by atoms with Crippen LogP contribution in [0.1, 0.15) is 50.7 Å². The second-order valence-electron chi connectivity index (χ2n) is 15.1. The highest BCUT2D eigenvalue weighted by Crippen LogP contribution is 2.41. The maximum absolute atomic E-state index is 6.71. The summed E-state index contributed by atoms with van der Waals surface area (Å²) in [4.78, 5) is 19.3. The average molecular weight is 713 g/mol. The quantitative estimate of drug-likeness (QED) is 0.166. The van der Waals surface area contributed by atoms with E-state index in [1.807, 2.05) is 30.5 Å². The zero-order chi connectivity index (χ0) is 36.9. The molecule has 0 atom stereocenters. The zero-order valence-corrected chi connectivity index (χ0v) is 30.9. The topological polar surface area (TPSA) is 69.6 Å². The summed E-state index contributed by atoms with van der Waals surface area (Å²) in [5, 5.41) is 6.29. The molecule has 11 rings (SSSR count). The predicted octanol–water partition coefficient (Wildman–Crippen LogP) is 12.4. The number of ether oxygens (including phenoxy) is 1. The predicted molar refractivity (Wildman–Crippen MR) is 225 cm³/mol. The molecule has 0 saturated heterocycles. The van der Waals surface area contributed by atoms with E-state index in [2.05, 4.69) is 144 Å². The Kier molecular flexibility index (Phi) is 6.80. The fraction of sp³-hybridized carbons (Fsp3) is 0.125. The first-order valence-electron chi connectivity index (χ1n) is 18.9. The van der Waals surface area contributed by atoms with Gasteiger partial charge in [-0.15, -0.1) is 0 Å². The third-order valence-electron chi connectivity index (χ3n) is 11.2. The number of hydrogen-bond acceptors (Lipinski definition) is 5. The molecule has 0 amide bonds. The highest BCUT2D eigenvalue weighted by Gasteiger charge is 2.20. The summed E-state index contributed by atoms with van der Waals surface area (Å²) in [7, 11) is 0. The van der Waals surface area contributed by atoms with Crippen LogP contribution < -0.4 is 4.74 Å². The van der Waals surface area contributed by atoms with Gasteiger partial charge in [-0.05, 0) is 112 Å². The Morgan fingerprint density at radius 3 is 1.73 bits per heavy atom. The standard InChI is InChI=1S/C48H36N6O/c1-27(2)32-10-9-11-33(28(3)4)45(32)29-16-19-36-34-20-17-30(23-37(34)47-51-40-12-5-7-14-42(40)53(47)44(36)22-29)55-31-18-21-35-38(24-31)48-52-41-13-6-8-15-43(41)54(48)46-39(35)25-49-26-50-46/h5-28H,1-4H3. The van der Waals surface area contributed by atoms with E-state index >= 15 is 0 Å². The molecular formula is C48H36N6O. The Bertz CT molecular complexity index is 3350. The fourth-order valence-electron chi connectivity index (χ4n) is 8.70. The number of nitrogens with zero attached hydrogens (tertiary/aromatic N) is 6. The van der Waals surface area contributed by atoms with Crippen LogP contribution in [-0.4, -0.2) is 28.7 Å². The molecule has 5 heterocycles. The third kappa shape index (κ3) is 4.69. The van der Waals surface area contributed by atoms with E-state index in [9.17, 15) is 0 Å². The van der Waals surface area contributed by atoms with E-state index in [1.54, 1.807) is 6.33 Å². The molecule has 0 unspecified atom stereocenters. The Morgan fingerprint density at radius 2 is 1.07 bits per heavy atom. The lowest BCUT2D eigenvalue weighted by atomic mass is 9.84. The number of hydrogen-bond donors (Lipinski definition) is 0. The van der Waals surface area contributed by atoms with Gasteiger partial charge in [0.25, 0.3) is 0 Å². The summed E-state index contributed by atoms with van der Waals surface area (Å²) in [6.07, 6.45) is 3.47. The molecule has 264 valence electrons. The fourth-order valence-corrected chi connectivity index (χ4v) is 8.70. The molecule has 0 bridgehead atoms. The Balaban J connectivity index is 1.11. The van der Waals surface area contributed by atoms with E-state index in [0.29, 0.717) is 11.8 Å². The van der Waals surface area contributed by atoms with Crippen molar-refractivity contribution in [2.24, 2.45) is 0 Å². The van der Waals surface area contributed by atoms with Crippen molar-refractivity contribution in [2.75, 3.05) is 0 Å². The summed E-state index contributed by atoms with van der Waals surface area (Å²) < 4.78 is 11.2. The molecule has 0 spiro atoms. The second-order valence-corrected chi connectivity index (χ2v) is 15.1. The normalized spacial score (nSPS) is 12.3. The van der Waals surface area contributed by atoms with Gasteiger partial charge in [-0.25, -0.2) is 19.9 Å². The lowest BCUT2D eigenvalue weighted by molar-refractivity contribution is 0.484. The minimum absolute atomic E-state index is 0.398. The van der Waals surface area contributed by atoms with Crippen molar-refractivity contribution in [3.05, 3.63) is 145 Å². The first-order chi connectivity index (χ1) is 26.9. The van der Waals surface area contributed by atoms with E-state index in [4.69, 9.17) is 14.7 Å². The number of benzene rings is 6. The molecular weight excluding hydrogens is 677 g/mol. The molecule has 0 aliphatic heterocycles. The van der Waals surface area contributed by atoms with Crippen LogP contribution in [0, 0.1) is 0 Å². The number of pyridine rings is 2. The van der Waals surface area contributed by atoms with Gasteiger partial charge >= 0.3 is 0 Å². The maximum atomic E-state index is 6.71. The van der Waals surface area contributed by atoms with Crippen molar-refractivity contribution in [1.82, 2.24) is 28.7 Å². The Labute approximate surface area is 316 Å². The number of fused-ring (bicyclic) bond motifs is 16. The van der Waals surface area contributed by atoms with Gasteiger partial charge in [0.1, 0.15) is 34.8 Å². The first-order valence-corrected chi connectivity index (χ1v) is 18.9. The SMILES string of the molecule is CC(C)c1cccc(C(C)C)c1-c1ccc2c3ccc(Oc4ccc5c6cncnc6n6c7ccccc7nc6c5c4)cc3c3nc4ccccc4n3c2c1. The van der Waals surface area contributed by atoms with Crippen molar-refractivity contribution < 1.29 is 4.74 Å². The average Bonchev–Trinajstić information content (AvgIpc) is 3.81. The molecule has 55 heavy (non-hydrogen) atoms. The molecule has 0 radical (unpaired) electrons. The van der Waals surface area contributed by atoms with E-state index in [-0.39, 0.29) is 0 Å². The minimum Gasteiger partial charge on any atom is -0.457 e. The third-order valence-corrected chi connectivity index (χ3v) is 11.2. The lowest BCUT2D eigenvalue weighted by Gasteiger charge is -2.21. The van der Waals surface area contributed by atoms with Crippen LogP contribution in [0.2, 0.25) is 0 Å².